The molecule has 1 aliphatic heterocycles. The van der Waals surface area contributed by atoms with Crippen molar-refractivity contribution in [2.45, 2.75) is 0 Å². The van der Waals surface area contributed by atoms with Gasteiger partial charge < -0.3 is 4.74 Å². The predicted octanol–water partition coefficient (Wildman–Crippen LogP) is 0.227. The number of methoxy groups -OCH3 is 1. The standard InChI is InChI=1S/C5H10ClN3O2/c1-10-5-3-8(6)7-9(4-5)11-2/h3,7H,4H2,1-2H3. The summed E-state index contributed by atoms with van der Waals surface area (Å²) in [5, 5.41) is 1.44. The van der Waals surface area contributed by atoms with E-state index in [1.165, 1.54) is 16.8 Å². The lowest BCUT2D eigenvalue weighted by atomic mass is 10.5. The van der Waals surface area contributed by atoms with Crippen molar-refractivity contribution in [3.05, 3.63) is 12.0 Å². The van der Waals surface area contributed by atoms with Gasteiger partial charge >= 0.3 is 0 Å². The van der Waals surface area contributed by atoms with E-state index in [0.717, 1.165) is 5.76 Å². The maximum atomic E-state index is 5.61. The second-order valence-electron chi connectivity index (χ2n) is 1.93. The van der Waals surface area contributed by atoms with E-state index in [4.69, 9.17) is 21.4 Å². The topological polar surface area (TPSA) is 37.0 Å². The molecule has 1 aliphatic rings. The number of hydroxylamine groups is 1. The number of nitrogens with one attached hydrogen (secondary N) is 1. The third-order valence-corrected chi connectivity index (χ3v) is 1.42. The van der Waals surface area contributed by atoms with E-state index in [-0.39, 0.29) is 0 Å². The van der Waals surface area contributed by atoms with Crippen molar-refractivity contribution in [3.63, 3.8) is 0 Å². The fourth-order valence-corrected chi connectivity index (χ4v) is 0.895. The van der Waals surface area contributed by atoms with Crippen molar-refractivity contribution in [3.8, 4) is 0 Å². The van der Waals surface area contributed by atoms with Gasteiger partial charge in [0.15, 0.2) is 0 Å². The lowest BCUT2D eigenvalue weighted by Crippen LogP contribution is -2.47. The highest BCUT2D eigenvalue weighted by Crippen LogP contribution is 2.08. The van der Waals surface area contributed by atoms with E-state index in [0.29, 0.717) is 6.54 Å². The molecule has 0 fully saturated rings. The van der Waals surface area contributed by atoms with Gasteiger partial charge in [0.05, 0.1) is 20.4 Å². The third-order valence-electron chi connectivity index (χ3n) is 1.25. The van der Waals surface area contributed by atoms with Crippen LogP contribution in [-0.4, -0.2) is 30.5 Å². The molecule has 0 aromatic heterocycles. The highest BCUT2D eigenvalue weighted by Gasteiger charge is 2.15. The van der Waals surface area contributed by atoms with Crippen LogP contribution in [0.1, 0.15) is 0 Å². The molecule has 0 aliphatic carbocycles. The summed E-state index contributed by atoms with van der Waals surface area (Å²) in [4.78, 5) is 4.87. The largest absolute Gasteiger partial charge is 0.498 e. The summed E-state index contributed by atoms with van der Waals surface area (Å²) in [5.41, 5.74) is 2.68. The second kappa shape index (κ2) is 3.77. The first-order chi connectivity index (χ1) is 5.26. The molecule has 0 unspecified atom stereocenters. The van der Waals surface area contributed by atoms with Crippen LogP contribution < -0.4 is 5.53 Å². The number of rotatable bonds is 2. The number of nitrogens with zero attached hydrogens (tertiary/aromatic N) is 2. The highest BCUT2D eigenvalue weighted by atomic mass is 35.5. The maximum absolute atomic E-state index is 5.61. The van der Waals surface area contributed by atoms with Gasteiger partial charge in [-0.25, -0.2) is 4.53 Å². The van der Waals surface area contributed by atoms with Gasteiger partial charge in [-0.2, -0.15) is 0 Å². The molecule has 0 saturated carbocycles. The quantitative estimate of drug-likeness (QED) is 0.615. The Morgan fingerprint density at radius 3 is 2.91 bits per heavy atom. The summed E-state index contributed by atoms with van der Waals surface area (Å²) >= 11 is 5.61. The first-order valence-corrected chi connectivity index (χ1v) is 3.37. The fraction of sp³-hybridized carbons (Fsp3) is 0.600. The molecule has 1 N–H and O–H groups in total. The molecule has 0 bridgehead atoms. The van der Waals surface area contributed by atoms with E-state index >= 15 is 0 Å². The second-order valence-corrected chi connectivity index (χ2v) is 2.29. The Bertz CT molecular complexity index is 164. The number of hydrazine groups is 2. The summed E-state index contributed by atoms with van der Waals surface area (Å²) < 4.78 is 6.19. The van der Waals surface area contributed by atoms with Crippen LogP contribution in [0.3, 0.4) is 0 Å². The van der Waals surface area contributed by atoms with E-state index < -0.39 is 0 Å². The molecule has 0 saturated heterocycles. The van der Waals surface area contributed by atoms with Crippen molar-refractivity contribution < 1.29 is 9.57 Å². The summed E-state index contributed by atoms with van der Waals surface area (Å²) in [6.45, 7) is 0.524. The first kappa shape index (κ1) is 8.61. The molecule has 6 heteroatoms. The average molecular weight is 180 g/mol. The minimum absolute atomic E-state index is 0.524. The fourth-order valence-electron chi connectivity index (χ4n) is 0.702. The number of ether oxygens (including phenoxy) is 1. The minimum Gasteiger partial charge on any atom is -0.498 e. The van der Waals surface area contributed by atoms with Gasteiger partial charge in [0.25, 0.3) is 0 Å². The van der Waals surface area contributed by atoms with Gasteiger partial charge in [0, 0.05) is 11.8 Å². The van der Waals surface area contributed by atoms with Crippen LogP contribution in [0.15, 0.2) is 12.0 Å². The van der Waals surface area contributed by atoms with E-state index in [1.54, 1.807) is 13.3 Å². The number of hydrogen-bond donors (Lipinski definition) is 1. The van der Waals surface area contributed by atoms with Gasteiger partial charge in [0.2, 0.25) is 0 Å². The predicted molar refractivity (Wildman–Crippen MR) is 39.6 cm³/mol. The van der Waals surface area contributed by atoms with Crippen molar-refractivity contribution in [1.82, 2.24) is 15.2 Å². The van der Waals surface area contributed by atoms with E-state index in [1.807, 2.05) is 0 Å². The van der Waals surface area contributed by atoms with E-state index in [2.05, 4.69) is 5.53 Å². The maximum Gasteiger partial charge on any atom is 0.132 e. The molecule has 0 spiro atoms. The normalized spacial score (nSPS) is 19.9. The van der Waals surface area contributed by atoms with Crippen molar-refractivity contribution in [2.75, 3.05) is 20.8 Å². The van der Waals surface area contributed by atoms with Crippen molar-refractivity contribution >= 4 is 11.8 Å². The minimum atomic E-state index is 0.524. The summed E-state index contributed by atoms with van der Waals surface area (Å²) in [6, 6.07) is 0. The van der Waals surface area contributed by atoms with Gasteiger partial charge in [-0.3, -0.25) is 4.84 Å². The SMILES string of the molecule is COC1=CN(Cl)NN(OC)C1. The zero-order valence-electron chi connectivity index (χ0n) is 6.37. The summed E-state index contributed by atoms with van der Waals surface area (Å²) in [6.07, 6.45) is 1.62. The van der Waals surface area contributed by atoms with Crippen molar-refractivity contribution in [1.29, 1.82) is 0 Å². The Hall–Kier alpha value is -0.490. The number of halogens is 1. The van der Waals surface area contributed by atoms with E-state index in [9.17, 15) is 0 Å². The molecule has 1 heterocycles. The van der Waals surface area contributed by atoms with Crippen LogP contribution in [0.25, 0.3) is 0 Å². The van der Waals surface area contributed by atoms with Gasteiger partial charge in [-0.05, 0) is 0 Å². The molecule has 5 nitrogen and oxygen atoms in total. The van der Waals surface area contributed by atoms with Crippen LogP contribution in [0.4, 0.5) is 0 Å². The van der Waals surface area contributed by atoms with Crippen LogP contribution in [0, 0.1) is 0 Å². The molecule has 1 rings (SSSR count). The van der Waals surface area contributed by atoms with Crippen LogP contribution >= 0.6 is 11.8 Å². The molecular formula is C5H10ClN3O2. The Morgan fingerprint density at radius 2 is 2.36 bits per heavy atom. The zero-order valence-corrected chi connectivity index (χ0v) is 7.13. The highest BCUT2D eigenvalue weighted by molar-refractivity contribution is 6.13. The Balaban J connectivity index is 2.54. The zero-order chi connectivity index (χ0) is 8.27. The average Bonchev–Trinajstić information content (AvgIpc) is 2.03. The Kier molecular flexibility index (Phi) is 2.95. The summed E-state index contributed by atoms with van der Waals surface area (Å²) in [7, 11) is 3.12. The van der Waals surface area contributed by atoms with Gasteiger partial charge in [0.1, 0.15) is 12.3 Å². The Morgan fingerprint density at radius 1 is 1.64 bits per heavy atom. The Labute approximate surface area is 70.1 Å². The van der Waals surface area contributed by atoms with Gasteiger partial charge in [-0.15, -0.1) is 5.53 Å². The third kappa shape index (κ3) is 2.23. The van der Waals surface area contributed by atoms with Crippen LogP contribution in [0.5, 0.6) is 0 Å². The molecule has 0 radical (unpaired) electrons. The molecular weight excluding hydrogens is 170 g/mol. The smallest absolute Gasteiger partial charge is 0.132 e. The van der Waals surface area contributed by atoms with Gasteiger partial charge in [-0.1, -0.05) is 5.17 Å². The molecule has 0 aromatic carbocycles. The molecule has 11 heavy (non-hydrogen) atoms. The van der Waals surface area contributed by atoms with Crippen molar-refractivity contribution in [2.24, 2.45) is 0 Å². The monoisotopic (exact) mass is 179 g/mol. The molecule has 64 valence electrons. The lowest BCUT2D eigenvalue weighted by Gasteiger charge is -2.28. The lowest BCUT2D eigenvalue weighted by molar-refractivity contribution is -0.201. The molecule has 0 atom stereocenters. The molecule has 0 amide bonds. The summed E-state index contributed by atoms with van der Waals surface area (Å²) in [5.74, 6) is 0.723. The first-order valence-electron chi connectivity index (χ1n) is 3.04. The number of hydrogen-bond acceptors (Lipinski definition) is 5. The molecule has 0 aromatic rings. The van der Waals surface area contributed by atoms with Crippen LogP contribution in [-0.2, 0) is 9.57 Å². The van der Waals surface area contributed by atoms with Crippen LogP contribution in [0.2, 0.25) is 0 Å².